The summed E-state index contributed by atoms with van der Waals surface area (Å²) >= 11 is 1.58. The van der Waals surface area contributed by atoms with Gasteiger partial charge in [0.15, 0.2) is 0 Å². The van der Waals surface area contributed by atoms with E-state index < -0.39 is 0 Å². The summed E-state index contributed by atoms with van der Waals surface area (Å²) in [6.45, 7) is 0. The molecule has 0 aliphatic rings. The Labute approximate surface area is 88.3 Å². The Hall–Kier alpha value is -1.04. The van der Waals surface area contributed by atoms with Crippen LogP contribution < -0.4 is 0 Å². The summed E-state index contributed by atoms with van der Waals surface area (Å²) in [6, 6.07) is 4.08. The predicted molar refractivity (Wildman–Crippen MR) is 54.4 cm³/mol. The first-order valence-electron chi connectivity index (χ1n) is 3.28. The van der Waals surface area contributed by atoms with Crippen molar-refractivity contribution in [3.63, 3.8) is 0 Å². The molecule has 4 heteroatoms. The number of carbonyl (C=O) groups excluding carboxylic acids is 3. The van der Waals surface area contributed by atoms with Gasteiger partial charge in [-0.3, -0.25) is 14.4 Å². The van der Waals surface area contributed by atoms with Gasteiger partial charge < -0.3 is 0 Å². The van der Waals surface area contributed by atoms with Crippen LogP contribution in [0.25, 0.3) is 0 Å². The molecular weight excluding hydrogens is 283 g/mol. The Bertz CT molecular complexity index is 345. The molecular formula is C9H3IO3. The van der Waals surface area contributed by atoms with E-state index in [1.807, 2.05) is 0 Å². The molecule has 0 N–H and O–H groups in total. The molecule has 0 saturated heterocycles. The van der Waals surface area contributed by atoms with E-state index in [1.165, 1.54) is 18.2 Å². The normalized spacial score (nSPS) is 9.31. The van der Waals surface area contributed by atoms with Crippen LogP contribution in [0.4, 0.5) is 0 Å². The Morgan fingerprint density at radius 2 is 1.54 bits per heavy atom. The zero-order valence-electron chi connectivity index (χ0n) is 6.33. The summed E-state index contributed by atoms with van der Waals surface area (Å²) in [7, 11) is 0. The molecule has 2 radical (unpaired) electrons. The molecule has 0 aliphatic carbocycles. The van der Waals surface area contributed by atoms with Crippen molar-refractivity contribution in [2.75, 3.05) is 0 Å². The van der Waals surface area contributed by atoms with E-state index in [1.54, 1.807) is 35.2 Å². The van der Waals surface area contributed by atoms with Crippen molar-refractivity contribution < 1.29 is 14.4 Å². The molecule has 0 aliphatic heterocycles. The zero-order valence-corrected chi connectivity index (χ0v) is 8.49. The number of hydrogen-bond donors (Lipinski definition) is 0. The van der Waals surface area contributed by atoms with Gasteiger partial charge in [-0.05, 0) is 18.2 Å². The maximum atomic E-state index is 10.9. The van der Waals surface area contributed by atoms with Crippen molar-refractivity contribution in [2.45, 2.75) is 0 Å². The van der Waals surface area contributed by atoms with Gasteiger partial charge in [0.25, 0.3) is 0 Å². The summed E-state index contributed by atoms with van der Waals surface area (Å²) < 4.78 is -0.230. The molecule has 3 nitrogen and oxygen atoms in total. The van der Waals surface area contributed by atoms with E-state index >= 15 is 0 Å². The molecule has 0 fully saturated rings. The van der Waals surface area contributed by atoms with Gasteiger partial charge in [0, 0.05) is 39.3 Å². The maximum Gasteiger partial charge on any atom is 0.233 e. The van der Waals surface area contributed by atoms with Crippen LogP contribution in [-0.2, 0) is 9.59 Å². The summed E-state index contributed by atoms with van der Waals surface area (Å²) in [5.74, 6) is 0. The number of rotatable bonds is 3. The highest BCUT2D eigenvalue weighted by Gasteiger charge is 2.05. The highest BCUT2D eigenvalue weighted by molar-refractivity contribution is 14.1. The van der Waals surface area contributed by atoms with Crippen molar-refractivity contribution in [2.24, 2.45) is 0 Å². The second-order valence-electron chi connectivity index (χ2n) is 2.28. The van der Waals surface area contributed by atoms with Gasteiger partial charge >= 0.3 is 0 Å². The van der Waals surface area contributed by atoms with E-state index in [0.717, 1.165) is 0 Å². The van der Waals surface area contributed by atoms with Crippen molar-refractivity contribution in [3.8, 4) is 0 Å². The van der Waals surface area contributed by atoms with Crippen LogP contribution in [-0.4, -0.2) is 16.4 Å². The molecule has 0 aromatic heterocycles. The van der Waals surface area contributed by atoms with Gasteiger partial charge in [0.1, 0.15) is 0 Å². The van der Waals surface area contributed by atoms with E-state index in [-0.39, 0.29) is 14.9 Å². The van der Waals surface area contributed by atoms with E-state index in [4.69, 9.17) is 0 Å². The fraction of sp³-hybridized carbons (Fsp3) is 0. The first-order chi connectivity index (χ1) is 6.17. The maximum absolute atomic E-state index is 10.9. The highest BCUT2D eigenvalue weighted by atomic mass is 127. The van der Waals surface area contributed by atoms with Gasteiger partial charge in [0.2, 0.25) is 16.4 Å². The van der Waals surface area contributed by atoms with E-state index in [9.17, 15) is 14.4 Å². The van der Waals surface area contributed by atoms with Crippen LogP contribution in [0.15, 0.2) is 18.2 Å². The first-order valence-corrected chi connectivity index (χ1v) is 4.36. The fourth-order valence-corrected chi connectivity index (χ4v) is 1.17. The van der Waals surface area contributed by atoms with Gasteiger partial charge in [-0.15, -0.1) is 0 Å². The third kappa shape index (κ3) is 2.45. The molecule has 0 unspecified atom stereocenters. The molecule has 1 rings (SSSR count). The number of hydrogen-bond acceptors (Lipinski definition) is 3. The predicted octanol–water partition coefficient (Wildman–Crippen LogP) is 1.18. The monoisotopic (exact) mass is 286 g/mol. The minimum Gasteiger partial charge on any atom is -0.285 e. The van der Waals surface area contributed by atoms with Crippen molar-refractivity contribution >= 4 is 39.0 Å². The quantitative estimate of drug-likeness (QED) is 0.619. The van der Waals surface area contributed by atoms with E-state index in [0.29, 0.717) is 5.56 Å². The highest BCUT2D eigenvalue weighted by Crippen LogP contribution is 2.11. The smallest absolute Gasteiger partial charge is 0.233 e. The lowest BCUT2D eigenvalue weighted by atomic mass is 10.1. The van der Waals surface area contributed by atoms with Gasteiger partial charge in [-0.2, -0.15) is 0 Å². The Kier molecular flexibility index (Phi) is 3.30. The van der Waals surface area contributed by atoms with Crippen molar-refractivity contribution in [3.05, 3.63) is 34.9 Å². The van der Waals surface area contributed by atoms with Gasteiger partial charge in [0.05, 0.1) is 0 Å². The van der Waals surface area contributed by atoms with Crippen LogP contribution in [0.3, 0.4) is 0 Å². The second-order valence-corrected chi connectivity index (χ2v) is 3.26. The van der Waals surface area contributed by atoms with Crippen LogP contribution >= 0.6 is 22.6 Å². The van der Waals surface area contributed by atoms with E-state index in [2.05, 4.69) is 0 Å². The Morgan fingerprint density at radius 1 is 1.08 bits per heavy atom. The molecule has 0 saturated carbocycles. The average molecular weight is 286 g/mol. The van der Waals surface area contributed by atoms with Crippen LogP contribution in [0.2, 0.25) is 0 Å². The molecule has 64 valence electrons. The third-order valence-electron chi connectivity index (χ3n) is 1.40. The van der Waals surface area contributed by atoms with Crippen molar-refractivity contribution in [1.29, 1.82) is 0 Å². The number of benzene rings is 1. The lowest BCUT2D eigenvalue weighted by Gasteiger charge is -1.96. The fourth-order valence-electron chi connectivity index (χ4n) is 0.859. The molecule has 1 aromatic carbocycles. The summed E-state index contributed by atoms with van der Waals surface area (Å²) in [5, 5.41) is 0. The first kappa shape index (κ1) is 10.0. The molecule has 0 spiro atoms. The number of carbonyl (C=O) groups is 1. The lowest BCUT2D eigenvalue weighted by Crippen LogP contribution is -1.94. The average Bonchev–Trinajstić information content (AvgIpc) is 2.16. The Morgan fingerprint density at radius 3 is 1.85 bits per heavy atom. The molecule has 0 bridgehead atoms. The molecule has 0 heterocycles. The zero-order chi connectivity index (χ0) is 9.84. The Balaban J connectivity index is 3.30. The lowest BCUT2D eigenvalue weighted by molar-refractivity contribution is 0.110. The van der Waals surface area contributed by atoms with Crippen LogP contribution in [0.1, 0.15) is 21.5 Å². The standard InChI is InChI=1S/C9H3IO3/c10-9(13)8-2-6(4-11)1-7(3-8)5-12/h1-3H. The number of halogens is 1. The van der Waals surface area contributed by atoms with Crippen molar-refractivity contribution in [1.82, 2.24) is 0 Å². The minimum absolute atomic E-state index is 0.181. The molecule has 13 heavy (non-hydrogen) atoms. The van der Waals surface area contributed by atoms with Crippen LogP contribution in [0, 0.1) is 0 Å². The topological polar surface area (TPSA) is 51.2 Å². The minimum atomic E-state index is -0.230. The molecule has 0 atom stereocenters. The summed E-state index contributed by atoms with van der Waals surface area (Å²) in [4.78, 5) is 31.5. The van der Waals surface area contributed by atoms with Gasteiger partial charge in [-0.25, -0.2) is 0 Å². The largest absolute Gasteiger partial charge is 0.285 e. The van der Waals surface area contributed by atoms with Gasteiger partial charge in [-0.1, -0.05) is 0 Å². The summed E-state index contributed by atoms with van der Waals surface area (Å²) in [6.07, 6.45) is 3.22. The SMILES string of the molecule is O=[C]c1cc([C]=O)cc(C(=O)I)c1. The summed E-state index contributed by atoms with van der Waals surface area (Å²) in [5.41, 5.74) is 0.668. The second kappa shape index (κ2) is 4.27. The molecule has 1 aromatic rings. The molecule has 0 amide bonds. The van der Waals surface area contributed by atoms with Crippen LogP contribution in [0.5, 0.6) is 0 Å². The third-order valence-corrected chi connectivity index (χ3v) is 2.02.